The highest BCUT2D eigenvalue weighted by Crippen LogP contribution is 2.64. The molecule has 2 aromatic rings. The zero-order valence-corrected chi connectivity index (χ0v) is 13.8. The van der Waals surface area contributed by atoms with Crippen LogP contribution in [0.3, 0.4) is 0 Å². The lowest BCUT2D eigenvalue weighted by atomic mass is 10.0. The number of aryl methyl sites for hydroxylation is 2. The molecule has 2 heteroatoms. The fourth-order valence-corrected chi connectivity index (χ4v) is 3.61. The Morgan fingerprint density at radius 1 is 1.05 bits per heavy atom. The van der Waals surface area contributed by atoms with Crippen LogP contribution in [0.4, 0.5) is 10.1 Å². The summed E-state index contributed by atoms with van der Waals surface area (Å²) < 4.78 is 13.2. The van der Waals surface area contributed by atoms with Crippen molar-refractivity contribution in [2.75, 3.05) is 11.9 Å². The summed E-state index contributed by atoms with van der Waals surface area (Å²) in [7, 11) is 0. The van der Waals surface area contributed by atoms with Crippen molar-refractivity contribution in [3.63, 3.8) is 0 Å². The summed E-state index contributed by atoms with van der Waals surface area (Å²) in [5.41, 5.74) is 5.05. The minimum atomic E-state index is -0.174. The Morgan fingerprint density at radius 2 is 1.73 bits per heavy atom. The quantitative estimate of drug-likeness (QED) is 0.808. The minimum absolute atomic E-state index is 0.174. The van der Waals surface area contributed by atoms with Gasteiger partial charge in [-0.15, -0.1) is 0 Å². The lowest BCUT2D eigenvalue weighted by molar-refractivity contribution is 0.565. The molecule has 1 N–H and O–H groups in total. The van der Waals surface area contributed by atoms with E-state index in [1.54, 1.807) is 6.07 Å². The molecule has 0 spiro atoms. The van der Waals surface area contributed by atoms with Crippen molar-refractivity contribution in [3.05, 3.63) is 65.0 Å². The Morgan fingerprint density at radius 3 is 2.36 bits per heavy atom. The second-order valence-corrected chi connectivity index (χ2v) is 7.16. The van der Waals surface area contributed by atoms with Crippen LogP contribution in [-0.2, 0) is 0 Å². The van der Waals surface area contributed by atoms with Gasteiger partial charge < -0.3 is 5.32 Å². The third-order valence-corrected chi connectivity index (χ3v) is 5.19. The fourth-order valence-electron chi connectivity index (χ4n) is 3.61. The third kappa shape index (κ3) is 2.75. The van der Waals surface area contributed by atoms with Gasteiger partial charge >= 0.3 is 0 Å². The van der Waals surface area contributed by atoms with E-state index >= 15 is 0 Å². The Bertz CT molecular complexity index is 673. The number of anilines is 1. The van der Waals surface area contributed by atoms with E-state index in [1.807, 2.05) is 13.0 Å². The Labute approximate surface area is 132 Å². The van der Waals surface area contributed by atoms with Crippen molar-refractivity contribution in [2.45, 2.75) is 33.6 Å². The first kappa shape index (κ1) is 15.1. The van der Waals surface area contributed by atoms with E-state index in [0.29, 0.717) is 17.3 Å². The number of benzene rings is 2. The molecule has 0 bridgehead atoms. The molecule has 116 valence electrons. The molecule has 0 aliphatic heterocycles. The van der Waals surface area contributed by atoms with E-state index in [-0.39, 0.29) is 5.82 Å². The van der Waals surface area contributed by atoms with Gasteiger partial charge in [-0.25, -0.2) is 4.39 Å². The molecular formula is C20H24FN. The summed E-state index contributed by atoms with van der Waals surface area (Å²) in [4.78, 5) is 0. The topological polar surface area (TPSA) is 12.0 Å². The zero-order valence-electron chi connectivity index (χ0n) is 13.8. The van der Waals surface area contributed by atoms with Crippen molar-refractivity contribution < 1.29 is 4.39 Å². The van der Waals surface area contributed by atoms with Crippen LogP contribution < -0.4 is 5.32 Å². The summed E-state index contributed by atoms with van der Waals surface area (Å²) in [6.45, 7) is 9.67. The van der Waals surface area contributed by atoms with Crippen LogP contribution in [0.15, 0.2) is 42.5 Å². The van der Waals surface area contributed by atoms with Crippen LogP contribution in [0.1, 0.15) is 36.5 Å². The Hall–Kier alpha value is -1.83. The molecular weight excluding hydrogens is 273 g/mol. The summed E-state index contributed by atoms with van der Waals surface area (Å²) in [6.07, 6.45) is 0. The molecule has 1 aliphatic carbocycles. The second kappa shape index (κ2) is 5.42. The van der Waals surface area contributed by atoms with Crippen LogP contribution >= 0.6 is 0 Å². The molecule has 1 nitrogen and oxygen atoms in total. The molecule has 1 saturated carbocycles. The molecule has 3 rings (SSSR count). The molecule has 2 aromatic carbocycles. The molecule has 0 saturated heterocycles. The highest BCUT2D eigenvalue weighted by molar-refractivity contribution is 5.51. The van der Waals surface area contributed by atoms with Gasteiger partial charge in [0.1, 0.15) is 5.82 Å². The fraction of sp³-hybridized carbons (Fsp3) is 0.400. The van der Waals surface area contributed by atoms with Gasteiger partial charge in [-0.2, -0.15) is 0 Å². The standard InChI is InChI=1S/C20H24FN/c1-13-5-7-15(8-6-13)19-17(20(19,3)4)12-22-18-10-9-16(21)11-14(18)2/h5-11,17,19,22H,12H2,1-4H3. The third-order valence-electron chi connectivity index (χ3n) is 5.19. The van der Waals surface area contributed by atoms with E-state index < -0.39 is 0 Å². The predicted octanol–water partition coefficient (Wildman–Crippen LogP) is 5.29. The molecule has 1 fully saturated rings. The van der Waals surface area contributed by atoms with Crippen molar-refractivity contribution in [1.29, 1.82) is 0 Å². The molecule has 0 amide bonds. The van der Waals surface area contributed by atoms with E-state index in [4.69, 9.17) is 0 Å². The lowest BCUT2D eigenvalue weighted by Crippen LogP contribution is -2.08. The van der Waals surface area contributed by atoms with Gasteiger partial charge in [0.15, 0.2) is 0 Å². The summed E-state index contributed by atoms with van der Waals surface area (Å²) in [5.74, 6) is 1.04. The van der Waals surface area contributed by atoms with Crippen LogP contribution in [0, 0.1) is 31.0 Å². The van der Waals surface area contributed by atoms with Crippen LogP contribution in [0.25, 0.3) is 0 Å². The summed E-state index contributed by atoms with van der Waals surface area (Å²) >= 11 is 0. The van der Waals surface area contributed by atoms with Crippen molar-refractivity contribution in [2.24, 2.45) is 11.3 Å². The molecule has 1 aliphatic rings. The largest absolute Gasteiger partial charge is 0.385 e. The SMILES string of the molecule is Cc1ccc(C2C(CNc3ccc(F)cc3C)C2(C)C)cc1. The lowest BCUT2D eigenvalue weighted by Gasteiger charge is -2.10. The number of hydrogen-bond donors (Lipinski definition) is 1. The summed E-state index contributed by atoms with van der Waals surface area (Å²) in [5, 5.41) is 3.50. The number of rotatable bonds is 4. The number of halogens is 1. The van der Waals surface area contributed by atoms with Gasteiger partial charge in [0.2, 0.25) is 0 Å². The smallest absolute Gasteiger partial charge is 0.123 e. The van der Waals surface area contributed by atoms with Gasteiger partial charge in [0.05, 0.1) is 0 Å². The van der Waals surface area contributed by atoms with Crippen molar-refractivity contribution in [3.8, 4) is 0 Å². The minimum Gasteiger partial charge on any atom is -0.385 e. The van der Waals surface area contributed by atoms with Crippen LogP contribution in [0.5, 0.6) is 0 Å². The second-order valence-electron chi connectivity index (χ2n) is 7.16. The molecule has 22 heavy (non-hydrogen) atoms. The van der Waals surface area contributed by atoms with Gasteiger partial charge in [0, 0.05) is 12.2 Å². The number of nitrogens with one attached hydrogen (secondary N) is 1. The monoisotopic (exact) mass is 297 g/mol. The van der Waals surface area contributed by atoms with Crippen molar-refractivity contribution in [1.82, 2.24) is 0 Å². The Balaban J connectivity index is 1.69. The highest BCUT2D eigenvalue weighted by Gasteiger charge is 2.57. The molecule has 2 atom stereocenters. The van der Waals surface area contributed by atoms with Gasteiger partial charge in [-0.05, 0) is 60.4 Å². The highest BCUT2D eigenvalue weighted by atomic mass is 19.1. The van der Waals surface area contributed by atoms with Gasteiger partial charge in [0.25, 0.3) is 0 Å². The molecule has 0 radical (unpaired) electrons. The van der Waals surface area contributed by atoms with E-state index in [0.717, 1.165) is 17.8 Å². The van der Waals surface area contributed by atoms with Gasteiger partial charge in [-0.3, -0.25) is 0 Å². The average molecular weight is 297 g/mol. The zero-order chi connectivity index (χ0) is 15.9. The number of hydrogen-bond acceptors (Lipinski definition) is 1. The average Bonchev–Trinajstić information content (AvgIpc) is 3.00. The first-order chi connectivity index (χ1) is 10.4. The van der Waals surface area contributed by atoms with E-state index in [2.05, 4.69) is 50.4 Å². The van der Waals surface area contributed by atoms with Crippen molar-refractivity contribution >= 4 is 5.69 Å². The van der Waals surface area contributed by atoms with E-state index in [1.165, 1.54) is 17.2 Å². The molecule has 2 unspecified atom stereocenters. The van der Waals surface area contributed by atoms with Crippen LogP contribution in [0.2, 0.25) is 0 Å². The maximum Gasteiger partial charge on any atom is 0.123 e. The summed E-state index contributed by atoms with van der Waals surface area (Å²) in [6, 6.07) is 13.8. The maximum absolute atomic E-state index is 13.2. The van der Waals surface area contributed by atoms with E-state index in [9.17, 15) is 4.39 Å². The Kier molecular flexibility index (Phi) is 3.72. The van der Waals surface area contributed by atoms with Gasteiger partial charge in [-0.1, -0.05) is 43.7 Å². The van der Waals surface area contributed by atoms with Crippen LogP contribution in [-0.4, -0.2) is 6.54 Å². The predicted molar refractivity (Wildman–Crippen MR) is 90.8 cm³/mol. The maximum atomic E-state index is 13.2. The first-order valence-electron chi connectivity index (χ1n) is 7.96. The molecule has 0 aromatic heterocycles. The molecule has 0 heterocycles. The normalized spacial score (nSPS) is 22.4. The first-order valence-corrected chi connectivity index (χ1v) is 7.96.